The zero-order valence-corrected chi connectivity index (χ0v) is 10.1. The highest BCUT2D eigenvalue weighted by molar-refractivity contribution is 9.10. The quantitative estimate of drug-likeness (QED) is 0.779. The second-order valence-electron chi connectivity index (χ2n) is 3.87. The summed E-state index contributed by atoms with van der Waals surface area (Å²) in [6.07, 6.45) is 2.15. The highest BCUT2D eigenvalue weighted by Crippen LogP contribution is 2.29. The lowest BCUT2D eigenvalue weighted by Crippen LogP contribution is -2.34. The van der Waals surface area contributed by atoms with Crippen molar-refractivity contribution >= 4 is 21.6 Å². The van der Waals surface area contributed by atoms with E-state index >= 15 is 0 Å². The van der Waals surface area contributed by atoms with E-state index in [0.717, 1.165) is 30.4 Å². The summed E-state index contributed by atoms with van der Waals surface area (Å²) >= 11 is 3.55. The van der Waals surface area contributed by atoms with Gasteiger partial charge >= 0.3 is 0 Å². The summed E-state index contributed by atoms with van der Waals surface area (Å²) < 4.78 is 1.11. The van der Waals surface area contributed by atoms with Crippen molar-refractivity contribution in [2.45, 2.75) is 12.8 Å². The van der Waals surface area contributed by atoms with Crippen LogP contribution in [-0.4, -0.2) is 13.1 Å². The molecular formula is C12H13BrN2. The predicted molar refractivity (Wildman–Crippen MR) is 64.7 cm³/mol. The summed E-state index contributed by atoms with van der Waals surface area (Å²) in [4.78, 5) is 2.29. The Morgan fingerprint density at radius 2 is 2.20 bits per heavy atom. The topological polar surface area (TPSA) is 27.0 Å². The Bertz CT molecular complexity index is 383. The summed E-state index contributed by atoms with van der Waals surface area (Å²) in [5, 5.41) is 8.94. The molecule has 15 heavy (non-hydrogen) atoms. The number of hydrogen-bond acceptors (Lipinski definition) is 2. The van der Waals surface area contributed by atoms with E-state index in [1.165, 1.54) is 5.69 Å². The van der Waals surface area contributed by atoms with Gasteiger partial charge in [-0.05, 0) is 40.9 Å². The highest BCUT2D eigenvalue weighted by Gasteiger charge is 2.20. The molecule has 1 heterocycles. The molecule has 0 spiro atoms. The Morgan fingerprint density at radius 3 is 2.93 bits per heavy atom. The molecule has 1 aliphatic rings. The van der Waals surface area contributed by atoms with Crippen molar-refractivity contribution in [3.05, 3.63) is 28.7 Å². The van der Waals surface area contributed by atoms with E-state index < -0.39 is 0 Å². The molecule has 0 aliphatic carbocycles. The minimum atomic E-state index is 0.186. The van der Waals surface area contributed by atoms with Crippen LogP contribution in [0.5, 0.6) is 0 Å². The van der Waals surface area contributed by atoms with E-state index in [2.05, 4.69) is 33.0 Å². The Hall–Kier alpha value is -1.01. The summed E-state index contributed by atoms with van der Waals surface area (Å²) in [5.41, 5.74) is 1.21. The first-order valence-corrected chi connectivity index (χ1v) is 5.99. The number of anilines is 1. The number of para-hydroxylation sites is 1. The molecule has 1 saturated heterocycles. The number of piperidine rings is 1. The average Bonchev–Trinajstić information content (AvgIpc) is 2.30. The molecule has 1 aromatic rings. The first-order valence-electron chi connectivity index (χ1n) is 5.20. The maximum Gasteiger partial charge on any atom is 0.0674 e. The Balaban J connectivity index is 2.18. The molecule has 1 aromatic carbocycles. The normalized spacial score (nSPS) is 21.1. The molecule has 1 aliphatic heterocycles. The predicted octanol–water partition coefficient (Wildman–Crippen LogP) is 3.19. The third-order valence-electron chi connectivity index (χ3n) is 2.80. The molecule has 0 aromatic heterocycles. The van der Waals surface area contributed by atoms with Crippen molar-refractivity contribution in [3.63, 3.8) is 0 Å². The largest absolute Gasteiger partial charge is 0.369 e. The third kappa shape index (κ3) is 2.32. The number of nitriles is 1. The van der Waals surface area contributed by atoms with Crippen LogP contribution in [0.4, 0.5) is 5.69 Å². The van der Waals surface area contributed by atoms with Crippen LogP contribution in [-0.2, 0) is 0 Å². The van der Waals surface area contributed by atoms with Crippen LogP contribution in [0.2, 0.25) is 0 Å². The molecule has 78 valence electrons. The lowest BCUT2D eigenvalue weighted by atomic mass is 9.99. The monoisotopic (exact) mass is 264 g/mol. The van der Waals surface area contributed by atoms with Gasteiger partial charge < -0.3 is 4.90 Å². The van der Waals surface area contributed by atoms with Gasteiger partial charge in [0.05, 0.1) is 17.7 Å². The van der Waals surface area contributed by atoms with E-state index in [9.17, 15) is 0 Å². The van der Waals surface area contributed by atoms with Gasteiger partial charge in [-0.25, -0.2) is 0 Å². The molecule has 1 atom stereocenters. The van der Waals surface area contributed by atoms with Gasteiger partial charge in [-0.1, -0.05) is 12.1 Å². The first kappa shape index (κ1) is 10.5. The van der Waals surface area contributed by atoms with Crippen LogP contribution >= 0.6 is 15.9 Å². The van der Waals surface area contributed by atoms with Crippen LogP contribution in [0.25, 0.3) is 0 Å². The fourth-order valence-electron chi connectivity index (χ4n) is 2.01. The van der Waals surface area contributed by atoms with Crippen molar-refractivity contribution < 1.29 is 0 Å². The van der Waals surface area contributed by atoms with E-state index in [4.69, 9.17) is 5.26 Å². The molecule has 0 saturated carbocycles. The van der Waals surface area contributed by atoms with Crippen LogP contribution in [0.1, 0.15) is 12.8 Å². The van der Waals surface area contributed by atoms with Crippen LogP contribution in [0.3, 0.4) is 0 Å². The van der Waals surface area contributed by atoms with Gasteiger partial charge in [0.15, 0.2) is 0 Å². The standard InChI is InChI=1S/C12H13BrN2/c13-11-5-1-2-6-12(11)15-7-3-4-10(8-14)9-15/h1-2,5-6,10H,3-4,7,9H2. The minimum Gasteiger partial charge on any atom is -0.369 e. The second kappa shape index (κ2) is 4.67. The van der Waals surface area contributed by atoms with Crippen molar-refractivity contribution in [1.82, 2.24) is 0 Å². The number of rotatable bonds is 1. The smallest absolute Gasteiger partial charge is 0.0674 e. The average molecular weight is 265 g/mol. The van der Waals surface area contributed by atoms with E-state index in [0.29, 0.717) is 0 Å². The molecular weight excluding hydrogens is 252 g/mol. The maximum atomic E-state index is 8.94. The van der Waals surface area contributed by atoms with Gasteiger partial charge in [0.2, 0.25) is 0 Å². The zero-order chi connectivity index (χ0) is 10.7. The van der Waals surface area contributed by atoms with Crippen molar-refractivity contribution in [1.29, 1.82) is 5.26 Å². The lowest BCUT2D eigenvalue weighted by molar-refractivity contribution is 0.493. The summed E-state index contributed by atoms with van der Waals surface area (Å²) in [5.74, 6) is 0.186. The summed E-state index contributed by atoms with van der Waals surface area (Å²) in [6.45, 7) is 1.92. The second-order valence-corrected chi connectivity index (χ2v) is 4.72. The van der Waals surface area contributed by atoms with E-state index in [1.807, 2.05) is 18.2 Å². The first-order chi connectivity index (χ1) is 7.31. The molecule has 0 N–H and O–H groups in total. The minimum absolute atomic E-state index is 0.186. The zero-order valence-electron chi connectivity index (χ0n) is 8.49. The van der Waals surface area contributed by atoms with Crippen molar-refractivity contribution in [2.75, 3.05) is 18.0 Å². The van der Waals surface area contributed by atoms with Crippen molar-refractivity contribution in [3.8, 4) is 6.07 Å². The third-order valence-corrected chi connectivity index (χ3v) is 3.47. The number of nitrogens with zero attached hydrogens (tertiary/aromatic N) is 2. The molecule has 1 unspecified atom stereocenters. The van der Waals surface area contributed by atoms with Gasteiger partial charge in [0.25, 0.3) is 0 Å². The van der Waals surface area contributed by atoms with E-state index in [1.54, 1.807) is 0 Å². The Kier molecular flexibility index (Phi) is 3.27. The number of benzene rings is 1. The highest BCUT2D eigenvalue weighted by atomic mass is 79.9. The van der Waals surface area contributed by atoms with Crippen LogP contribution in [0, 0.1) is 17.2 Å². The maximum absolute atomic E-state index is 8.94. The van der Waals surface area contributed by atoms with Gasteiger partial charge in [0.1, 0.15) is 0 Å². The SMILES string of the molecule is N#CC1CCCN(c2ccccc2Br)C1. The molecule has 2 nitrogen and oxygen atoms in total. The molecule has 2 rings (SSSR count). The fourth-order valence-corrected chi connectivity index (χ4v) is 2.55. The summed E-state index contributed by atoms with van der Waals surface area (Å²) in [6, 6.07) is 10.6. The van der Waals surface area contributed by atoms with Crippen LogP contribution < -0.4 is 4.90 Å². The van der Waals surface area contributed by atoms with Crippen molar-refractivity contribution in [2.24, 2.45) is 5.92 Å². The molecule has 0 amide bonds. The van der Waals surface area contributed by atoms with E-state index in [-0.39, 0.29) is 5.92 Å². The molecule has 3 heteroatoms. The lowest BCUT2D eigenvalue weighted by Gasteiger charge is -2.32. The fraction of sp³-hybridized carbons (Fsp3) is 0.417. The van der Waals surface area contributed by atoms with Gasteiger partial charge in [0, 0.05) is 17.6 Å². The molecule has 0 bridgehead atoms. The Morgan fingerprint density at radius 1 is 1.40 bits per heavy atom. The molecule has 0 radical (unpaired) electrons. The number of hydrogen-bond donors (Lipinski definition) is 0. The van der Waals surface area contributed by atoms with Gasteiger partial charge in [-0.2, -0.15) is 5.26 Å². The Labute approximate surface area is 98.6 Å². The molecule has 1 fully saturated rings. The summed E-state index contributed by atoms with van der Waals surface area (Å²) in [7, 11) is 0. The van der Waals surface area contributed by atoms with Gasteiger partial charge in [-0.3, -0.25) is 0 Å². The van der Waals surface area contributed by atoms with Crippen LogP contribution in [0.15, 0.2) is 28.7 Å². The number of halogens is 1. The van der Waals surface area contributed by atoms with Gasteiger partial charge in [-0.15, -0.1) is 0 Å².